The quantitative estimate of drug-likeness (QED) is 0.493. The van der Waals surface area contributed by atoms with Crippen molar-refractivity contribution in [3.05, 3.63) is 65.1 Å². The lowest BCUT2D eigenvalue weighted by atomic mass is 10.2. The Hall–Kier alpha value is -3.27. The third-order valence-electron chi connectivity index (χ3n) is 4.63. The normalized spacial score (nSPS) is 11.8. The first-order chi connectivity index (χ1) is 14.3. The number of hydrogen-bond donors (Lipinski definition) is 1. The molecule has 4 rings (SSSR count). The molecule has 0 spiro atoms. The molecule has 0 atom stereocenters. The molecule has 4 aromatic rings. The number of benzene rings is 1. The zero-order valence-electron chi connectivity index (χ0n) is 16.0. The molecule has 1 N–H and O–H groups in total. The molecule has 0 fully saturated rings. The van der Waals surface area contributed by atoms with Gasteiger partial charge < -0.3 is 0 Å². The maximum Gasteiger partial charge on any atom is 0.417 e. The van der Waals surface area contributed by atoms with E-state index in [2.05, 4.69) is 27.3 Å². The van der Waals surface area contributed by atoms with E-state index in [-0.39, 0.29) is 11.4 Å². The van der Waals surface area contributed by atoms with E-state index in [1.165, 1.54) is 33.8 Å². The number of hydrogen-bond acceptors (Lipinski definition) is 5. The third kappa shape index (κ3) is 3.78. The largest absolute Gasteiger partial charge is 0.417 e. The highest BCUT2D eigenvalue weighted by Crippen LogP contribution is 2.29. The van der Waals surface area contributed by atoms with Gasteiger partial charge in [-0.25, -0.2) is 14.6 Å². The lowest BCUT2D eigenvalue weighted by Crippen LogP contribution is -2.13. The molecule has 3 heterocycles. The monoisotopic (exact) mass is 431 g/mol. The molecule has 1 aromatic carbocycles. The van der Waals surface area contributed by atoms with Gasteiger partial charge in [-0.05, 0) is 43.2 Å². The molecular formula is C20H16F3N5OS. The fraction of sp³-hybridized carbons (Fsp3) is 0.200. The first kappa shape index (κ1) is 20.0. The van der Waals surface area contributed by atoms with E-state index in [9.17, 15) is 18.0 Å². The Morgan fingerprint density at radius 2 is 2.00 bits per heavy atom. The van der Waals surface area contributed by atoms with Crippen LogP contribution in [0.25, 0.3) is 16.0 Å². The van der Waals surface area contributed by atoms with Crippen molar-refractivity contribution in [2.75, 3.05) is 5.32 Å². The average molecular weight is 431 g/mol. The Bertz CT molecular complexity index is 1230. The number of thiazole rings is 1. The molecule has 3 aromatic heterocycles. The van der Waals surface area contributed by atoms with Crippen LogP contribution in [0.15, 0.2) is 42.7 Å². The zero-order valence-corrected chi connectivity index (χ0v) is 16.8. The molecule has 0 aliphatic carbocycles. The molecule has 30 heavy (non-hydrogen) atoms. The fourth-order valence-electron chi connectivity index (χ4n) is 2.95. The molecule has 0 aliphatic rings. The van der Waals surface area contributed by atoms with E-state index < -0.39 is 17.6 Å². The summed E-state index contributed by atoms with van der Waals surface area (Å²) in [6.45, 7) is 3.71. The summed E-state index contributed by atoms with van der Waals surface area (Å²) >= 11 is 1.37. The first-order valence-electron chi connectivity index (χ1n) is 9.05. The standard InChI is InChI=1S/C20H16F3N5OS/c1-3-12-4-6-15-16(8-12)30-19(26-15)27-18(29)14-10-25-28(11(14)2)17-7-5-13(9-24-17)20(21,22)23/h4-10H,3H2,1-2H3,(H,26,27,29). The van der Waals surface area contributed by atoms with Crippen LogP contribution in [0.5, 0.6) is 0 Å². The van der Waals surface area contributed by atoms with E-state index in [1.54, 1.807) is 6.92 Å². The second kappa shape index (κ2) is 7.52. The van der Waals surface area contributed by atoms with Crippen molar-refractivity contribution in [2.24, 2.45) is 0 Å². The molecule has 0 bridgehead atoms. The van der Waals surface area contributed by atoms with Crippen molar-refractivity contribution in [1.29, 1.82) is 0 Å². The van der Waals surface area contributed by atoms with Crippen LogP contribution < -0.4 is 5.32 Å². The van der Waals surface area contributed by atoms with Gasteiger partial charge in [0, 0.05) is 6.20 Å². The summed E-state index contributed by atoms with van der Waals surface area (Å²) in [6.07, 6.45) is -1.47. The number of rotatable bonds is 4. The SMILES string of the molecule is CCc1ccc2nc(NC(=O)c3cnn(-c4ccc(C(F)(F)F)cn4)c3C)sc2c1. The molecule has 10 heteroatoms. The second-order valence-electron chi connectivity index (χ2n) is 6.59. The molecule has 0 unspecified atom stereocenters. The van der Waals surface area contributed by atoms with Crippen LogP contribution in [0.2, 0.25) is 0 Å². The highest BCUT2D eigenvalue weighted by molar-refractivity contribution is 7.22. The number of aryl methyl sites for hydroxylation is 1. The van der Waals surface area contributed by atoms with E-state index in [0.717, 1.165) is 28.9 Å². The van der Waals surface area contributed by atoms with Gasteiger partial charge in [0.25, 0.3) is 5.91 Å². The molecular weight excluding hydrogens is 415 g/mol. The van der Waals surface area contributed by atoms with Crippen LogP contribution in [0, 0.1) is 6.92 Å². The Balaban J connectivity index is 1.56. The van der Waals surface area contributed by atoms with Crippen LogP contribution in [0.1, 0.15) is 34.1 Å². The van der Waals surface area contributed by atoms with Crippen molar-refractivity contribution < 1.29 is 18.0 Å². The molecule has 1 amide bonds. The van der Waals surface area contributed by atoms with Crippen molar-refractivity contribution >= 4 is 32.6 Å². The van der Waals surface area contributed by atoms with Crippen LogP contribution in [-0.2, 0) is 12.6 Å². The number of carbonyl (C=O) groups is 1. The number of halogens is 3. The predicted octanol–water partition coefficient (Wildman–Crippen LogP) is 5.02. The fourth-order valence-corrected chi connectivity index (χ4v) is 3.87. The van der Waals surface area contributed by atoms with Gasteiger partial charge in [-0.3, -0.25) is 10.1 Å². The number of amides is 1. The number of alkyl halides is 3. The highest BCUT2D eigenvalue weighted by atomic mass is 32.1. The van der Waals surface area contributed by atoms with E-state index >= 15 is 0 Å². The Kier molecular flexibility index (Phi) is 5.02. The summed E-state index contributed by atoms with van der Waals surface area (Å²) in [5, 5.41) is 7.33. The molecule has 0 saturated carbocycles. The maximum absolute atomic E-state index is 12.7. The van der Waals surface area contributed by atoms with Crippen LogP contribution in [-0.4, -0.2) is 25.7 Å². The Labute approximate surface area is 173 Å². The molecule has 6 nitrogen and oxygen atoms in total. The summed E-state index contributed by atoms with van der Waals surface area (Å²) < 4.78 is 40.4. The van der Waals surface area contributed by atoms with Crippen LogP contribution in [0.3, 0.4) is 0 Å². The van der Waals surface area contributed by atoms with Crippen LogP contribution in [0.4, 0.5) is 18.3 Å². The minimum Gasteiger partial charge on any atom is -0.298 e. The number of aromatic nitrogens is 4. The molecule has 0 radical (unpaired) electrons. The summed E-state index contributed by atoms with van der Waals surface area (Å²) in [7, 11) is 0. The lowest BCUT2D eigenvalue weighted by molar-refractivity contribution is -0.137. The van der Waals surface area contributed by atoms with Crippen molar-refractivity contribution in [1.82, 2.24) is 19.7 Å². The number of nitrogens with zero attached hydrogens (tertiary/aromatic N) is 4. The van der Waals surface area contributed by atoms with Crippen molar-refractivity contribution in [2.45, 2.75) is 26.4 Å². The summed E-state index contributed by atoms with van der Waals surface area (Å²) in [4.78, 5) is 20.9. The zero-order chi connectivity index (χ0) is 21.5. The smallest absolute Gasteiger partial charge is 0.298 e. The number of fused-ring (bicyclic) bond motifs is 1. The summed E-state index contributed by atoms with van der Waals surface area (Å²) in [5.74, 6) is -0.216. The minimum absolute atomic E-state index is 0.187. The van der Waals surface area contributed by atoms with Gasteiger partial charge in [0.15, 0.2) is 10.9 Å². The van der Waals surface area contributed by atoms with Gasteiger partial charge in [-0.1, -0.05) is 24.3 Å². The van der Waals surface area contributed by atoms with Crippen LogP contribution >= 0.6 is 11.3 Å². The van der Waals surface area contributed by atoms with Gasteiger partial charge >= 0.3 is 6.18 Å². The summed E-state index contributed by atoms with van der Waals surface area (Å²) in [6, 6.07) is 8.10. The van der Waals surface area contributed by atoms with E-state index in [0.29, 0.717) is 10.8 Å². The summed E-state index contributed by atoms with van der Waals surface area (Å²) in [5.41, 5.74) is 1.87. The molecule has 0 aliphatic heterocycles. The first-order valence-corrected chi connectivity index (χ1v) is 9.87. The predicted molar refractivity (Wildman–Crippen MR) is 108 cm³/mol. The second-order valence-corrected chi connectivity index (χ2v) is 7.62. The third-order valence-corrected chi connectivity index (χ3v) is 5.56. The highest BCUT2D eigenvalue weighted by Gasteiger charge is 2.30. The van der Waals surface area contributed by atoms with Gasteiger partial charge in [-0.2, -0.15) is 18.3 Å². The number of anilines is 1. The molecule has 154 valence electrons. The van der Waals surface area contributed by atoms with Crippen molar-refractivity contribution in [3.8, 4) is 5.82 Å². The lowest BCUT2D eigenvalue weighted by Gasteiger charge is -2.08. The van der Waals surface area contributed by atoms with Gasteiger partial charge in [0.1, 0.15) is 0 Å². The van der Waals surface area contributed by atoms with Crippen molar-refractivity contribution in [3.63, 3.8) is 0 Å². The van der Waals surface area contributed by atoms with Gasteiger partial charge in [0.05, 0.1) is 33.2 Å². The van der Waals surface area contributed by atoms with E-state index in [4.69, 9.17) is 0 Å². The number of pyridine rings is 1. The van der Waals surface area contributed by atoms with E-state index in [1.807, 2.05) is 18.2 Å². The maximum atomic E-state index is 12.7. The molecule has 0 saturated heterocycles. The average Bonchev–Trinajstić information content (AvgIpc) is 3.29. The number of nitrogens with one attached hydrogen (secondary N) is 1. The topological polar surface area (TPSA) is 72.7 Å². The number of carbonyl (C=O) groups excluding carboxylic acids is 1. The van der Waals surface area contributed by atoms with Gasteiger partial charge in [0.2, 0.25) is 0 Å². The minimum atomic E-state index is -4.47. The van der Waals surface area contributed by atoms with Gasteiger partial charge in [-0.15, -0.1) is 0 Å². The Morgan fingerprint density at radius 3 is 2.67 bits per heavy atom. The Morgan fingerprint density at radius 1 is 1.20 bits per heavy atom.